The molecule has 1 aromatic heterocycles. The number of hydrogen-bond donors (Lipinski definition) is 0. The standard InChI is InChI=1S/C21H25NO6/c1-13-4-5-17-16(11-28-20(17)14(13)2)10-19(24)27-12-18(23)22-8-6-15(7-9-22)21(25)26-3/h4-5,11,15H,6-10,12H2,1-3H3. The molecule has 0 bridgehead atoms. The van der Waals surface area contributed by atoms with Crippen LogP contribution in [0.15, 0.2) is 22.8 Å². The van der Waals surface area contributed by atoms with Crippen LogP contribution in [0, 0.1) is 19.8 Å². The Labute approximate surface area is 163 Å². The van der Waals surface area contributed by atoms with Crippen molar-refractivity contribution >= 4 is 28.8 Å². The van der Waals surface area contributed by atoms with Crippen LogP contribution in [0.25, 0.3) is 11.0 Å². The van der Waals surface area contributed by atoms with Crippen LogP contribution in [0.3, 0.4) is 0 Å². The van der Waals surface area contributed by atoms with E-state index < -0.39 is 5.97 Å². The lowest BCUT2D eigenvalue weighted by Gasteiger charge is -2.30. The van der Waals surface area contributed by atoms with Crippen LogP contribution in [0.1, 0.15) is 29.5 Å². The molecule has 1 saturated heterocycles. The lowest BCUT2D eigenvalue weighted by Crippen LogP contribution is -2.42. The van der Waals surface area contributed by atoms with Crippen LogP contribution < -0.4 is 0 Å². The Morgan fingerprint density at radius 3 is 2.57 bits per heavy atom. The predicted molar refractivity (Wildman–Crippen MR) is 102 cm³/mol. The van der Waals surface area contributed by atoms with Gasteiger partial charge in [-0.1, -0.05) is 12.1 Å². The molecule has 0 saturated carbocycles. The average molecular weight is 387 g/mol. The molecule has 0 atom stereocenters. The highest BCUT2D eigenvalue weighted by atomic mass is 16.5. The third-order valence-corrected chi connectivity index (χ3v) is 5.42. The van der Waals surface area contributed by atoms with E-state index in [0.29, 0.717) is 25.9 Å². The van der Waals surface area contributed by atoms with Crippen molar-refractivity contribution < 1.29 is 28.3 Å². The van der Waals surface area contributed by atoms with Crippen molar-refractivity contribution in [2.45, 2.75) is 33.1 Å². The zero-order chi connectivity index (χ0) is 20.3. The van der Waals surface area contributed by atoms with Crippen molar-refractivity contribution in [3.8, 4) is 0 Å². The first-order valence-electron chi connectivity index (χ1n) is 9.38. The maximum Gasteiger partial charge on any atom is 0.310 e. The molecule has 1 aromatic carbocycles. The summed E-state index contributed by atoms with van der Waals surface area (Å²) in [7, 11) is 1.37. The normalized spacial score (nSPS) is 14.9. The highest BCUT2D eigenvalue weighted by molar-refractivity contribution is 5.89. The first-order valence-corrected chi connectivity index (χ1v) is 9.38. The first-order chi connectivity index (χ1) is 13.4. The highest BCUT2D eigenvalue weighted by Crippen LogP contribution is 2.27. The molecule has 2 heterocycles. The summed E-state index contributed by atoms with van der Waals surface area (Å²) in [4.78, 5) is 37.6. The van der Waals surface area contributed by atoms with Crippen molar-refractivity contribution in [1.82, 2.24) is 4.90 Å². The third kappa shape index (κ3) is 4.18. The Bertz CT molecular complexity index is 892. The SMILES string of the molecule is COC(=O)C1CCN(C(=O)COC(=O)Cc2coc3c(C)c(C)ccc23)CC1. The fourth-order valence-electron chi connectivity index (χ4n) is 3.50. The van der Waals surface area contributed by atoms with E-state index in [1.165, 1.54) is 7.11 Å². The monoisotopic (exact) mass is 387 g/mol. The summed E-state index contributed by atoms with van der Waals surface area (Å²) in [5.74, 6) is -1.13. The van der Waals surface area contributed by atoms with Crippen molar-refractivity contribution in [2.24, 2.45) is 5.92 Å². The van der Waals surface area contributed by atoms with Crippen LogP contribution in [-0.4, -0.2) is 49.6 Å². The molecule has 0 spiro atoms. The van der Waals surface area contributed by atoms with Gasteiger partial charge in [0.25, 0.3) is 5.91 Å². The summed E-state index contributed by atoms with van der Waals surface area (Å²) in [6.07, 6.45) is 2.74. The van der Waals surface area contributed by atoms with Gasteiger partial charge < -0.3 is 18.8 Å². The summed E-state index contributed by atoms with van der Waals surface area (Å²) in [5, 5.41) is 0.885. The van der Waals surface area contributed by atoms with Gasteiger partial charge in [-0.15, -0.1) is 0 Å². The smallest absolute Gasteiger partial charge is 0.310 e. The van der Waals surface area contributed by atoms with Crippen LogP contribution >= 0.6 is 0 Å². The van der Waals surface area contributed by atoms with Gasteiger partial charge in [-0.2, -0.15) is 0 Å². The summed E-state index contributed by atoms with van der Waals surface area (Å²) in [5.41, 5.74) is 3.68. The van der Waals surface area contributed by atoms with E-state index >= 15 is 0 Å². The molecule has 2 aromatic rings. The maximum atomic E-state index is 12.3. The number of amides is 1. The second-order valence-electron chi connectivity index (χ2n) is 7.16. The summed E-state index contributed by atoms with van der Waals surface area (Å²) >= 11 is 0. The van der Waals surface area contributed by atoms with E-state index in [2.05, 4.69) is 0 Å². The van der Waals surface area contributed by atoms with Gasteiger partial charge in [-0.25, -0.2) is 0 Å². The number of fused-ring (bicyclic) bond motifs is 1. The molecule has 150 valence electrons. The zero-order valence-electron chi connectivity index (χ0n) is 16.4. The quantitative estimate of drug-likeness (QED) is 0.733. The van der Waals surface area contributed by atoms with Crippen molar-refractivity contribution in [1.29, 1.82) is 0 Å². The number of furan rings is 1. The number of benzene rings is 1. The number of likely N-dealkylation sites (tertiary alicyclic amines) is 1. The molecule has 7 heteroatoms. The molecular weight excluding hydrogens is 362 g/mol. The number of aryl methyl sites for hydroxylation is 2. The summed E-state index contributed by atoms with van der Waals surface area (Å²) in [6, 6.07) is 3.92. The number of rotatable bonds is 5. The Kier molecular flexibility index (Phi) is 6.02. The predicted octanol–water partition coefficient (Wildman–Crippen LogP) is 2.55. The summed E-state index contributed by atoms with van der Waals surface area (Å²) < 4.78 is 15.5. The van der Waals surface area contributed by atoms with E-state index in [1.807, 2.05) is 26.0 Å². The molecule has 0 radical (unpaired) electrons. The fourth-order valence-corrected chi connectivity index (χ4v) is 3.50. The van der Waals surface area contributed by atoms with Crippen molar-refractivity contribution in [2.75, 3.05) is 26.8 Å². The Hall–Kier alpha value is -2.83. The van der Waals surface area contributed by atoms with Gasteiger partial charge in [0, 0.05) is 24.0 Å². The second-order valence-corrected chi connectivity index (χ2v) is 7.16. The van der Waals surface area contributed by atoms with E-state index in [4.69, 9.17) is 13.9 Å². The lowest BCUT2D eigenvalue weighted by molar-refractivity contribution is -0.153. The number of nitrogens with zero attached hydrogens (tertiary/aromatic N) is 1. The van der Waals surface area contributed by atoms with E-state index in [-0.39, 0.29) is 30.8 Å². The number of hydrogen-bond acceptors (Lipinski definition) is 6. The van der Waals surface area contributed by atoms with E-state index in [1.54, 1.807) is 11.2 Å². The van der Waals surface area contributed by atoms with Crippen LogP contribution in [-0.2, 0) is 30.3 Å². The largest absolute Gasteiger partial charge is 0.469 e. The van der Waals surface area contributed by atoms with Crippen LogP contribution in [0.4, 0.5) is 0 Å². The van der Waals surface area contributed by atoms with Gasteiger partial charge in [0.05, 0.1) is 25.7 Å². The Balaban J connectivity index is 1.50. The van der Waals surface area contributed by atoms with Crippen LogP contribution in [0.2, 0.25) is 0 Å². The average Bonchev–Trinajstić information content (AvgIpc) is 3.11. The summed E-state index contributed by atoms with van der Waals surface area (Å²) in [6.45, 7) is 4.61. The molecule has 1 fully saturated rings. The number of esters is 2. The molecule has 0 aliphatic carbocycles. The maximum absolute atomic E-state index is 12.3. The molecule has 3 rings (SSSR count). The molecule has 1 amide bonds. The molecule has 1 aliphatic rings. The number of methoxy groups -OCH3 is 1. The van der Waals surface area contributed by atoms with Gasteiger partial charge in [0.15, 0.2) is 6.61 Å². The van der Waals surface area contributed by atoms with Gasteiger partial charge >= 0.3 is 11.9 Å². The Morgan fingerprint density at radius 2 is 1.89 bits per heavy atom. The minimum Gasteiger partial charge on any atom is -0.469 e. The van der Waals surface area contributed by atoms with E-state index in [0.717, 1.165) is 27.7 Å². The zero-order valence-corrected chi connectivity index (χ0v) is 16.4. The van der Waals surface area contributed by atoms with E-state index in [9.17, 15) is 14.4 Å². The van der Waals surface area contributed by atoms with Crippen molar-refractivity contribution in [3.05, 3.63) is 35.1 Å². The number of carbonyl (C=O) groups is 3. The minimum absolute atomic E-state index is 0.0488. The van der Waals surface area contributed by atoms with Gasteiger partial charge in [0.1, 0.15) is 5.58 Å². The number of carbonyl (C=O) groups excluding carboxylic acids is 3. The molecule has 7 nitrogen and oxygen atoms in total. The third-order valence-electron chi connectivity index (χ3n) is 5.42. The lowest BCUT2D eigenvalue weighted by atomic mass is 9.97. The van der Waals surface area contributed by atoms with Gasteiger partial charge in [-0.05, 0) is 37.8 Å². The van der Waals surface area contributed by atoms with Gasteiger partial charge in [0.2, 0.25) is 0 Å². The molecule has 0 N–H and O–H groups in total. The Morgan fingerprint density at radius 1 is 1.18 bits per heavy atom. The fraction of sp³-hybridized carbons (Fsp3) is 0.476. The topological polar surface area (TPSA) is 86.0 Å². The minimum atomic E-state index is -0.473. The number of piperidine rings is 1. The highest BCUT2D eigenvalue weighted by Gasteiger charge is 2.28. The van der Waals surface area contributed by atoms with Crippen molar-refractivity contribution in [3.63, 3.8) is 0 Å². The molecule has 1 aliphatic heterocycles. The molecule has 0 unspecified atom stereocenters. The van der Waals surface area contributed by atoms with Crippen LogP contribution in [0.5, 0.6) is 0 Å². The number of ether oxygens (including phenoxy) is 2. The molecule has 28 heavy (non-hydrogen) atoms. The second kappa shape index (κ2) is 8.46. The van der Waals surface area contributed by atoms with Gasteiger partial charge in [-0.3, -0.25) is 14.4 Å². The first kappa shape index (κ1) is 19.9. The molecular formula is C21H25NO6.